The predicted octanol–water partition coefficient (Wildman–Crippen LogP) is 5.38. The van der Waals surface area contributed by atoms with Gasteiger partial charge in [0.15, 0.2) is 0 Å². The molecule has 162 valence electrons. The summed E-state index contributed by atoms with van der Waals surface area (Å²) in [6, 6.07) is 19.9. The van der Waals surface area contributed by atoms with Gasteiger partial charge in [0.1, 0.15) is 0 Å². The minimum Gasteiger partial charge on any atom is -0.330 e. The van der Waals surface area contributed by atoms with Crippen molar-refractivity contribution in [3.63, 3.8) is 0 Å². The van der Waals surface area contributed by atoms with E-state index >= 15 is 0 Å². The van der Waals surface area contributed by atoms with Gasteiger partial charge in [0.25, 0.3) is 0 Å². The summed E-state index contributed by atoms with van der Waals surface area (Å²) in [5.74, 6) is 0. The molecule has 2 N–H and O–H groups in total. The van der Waals surface area contributed by atoms with E-state index in [0.29, 0.717) is 6.54 Å². The Bertz CT molecular complexity index is 888. The normalized spacial score (nSPS) is 15.8. The molecule has 2 heterocycles. The van der Waals surface area contributed by atoms with Gasteiger partial charge in [-0.3, -0.25) is 4.90 Å². The van der Waals surface area contributed by atoms with Gasteiger partial charge >= 0.3 is 0 Å². The van der Waals surface area contributed by atoms with Gasteiger partial charge in [-0.1, -0.05) is 54.6 Å². The summed E-state index contributed by atoms with van der Waals surface area (Å²) in [6.07, 6.45) is 3.19. The number of nitrogens with two attached hydrogens (primary N) is 1. The molecule has 3 nitrogen and oxygen atoms in total. The van der Waals surface area contributed by atoms with Crippen LogP contribution >= 0.6 is 36.2 Å². The van der Waals surface area contributed by atoms with Crippen LogP contribution in [0.15, 0.2) is 60.0 Å². The third kappa shape index (κ3) is 5.43. The molecule has 1 aliphatic heterocycles. The van der Waals surface area contributed by atoms with Crippen molar-refractivity contribution in [2.24, 2.45) is 5.73 Å². The van der Waals surface area contributed by atoms with Crippen LogP contribution in [0.3, 0.4) is 0 Å². The first-order chi connectivity index (χ1) is 13.7. The zero-order chi connectivity index (χ0) is 19.4. The minimum absolute atomic E-state index is 0. The lowest BCUT2D eigenvalue weighted by molar-refractivity contribution is 0.170. The molecule has 0 aliphatic carbocycles. The fourth-order valence-corrected chi connectivity index (χ4v) is 5.07. The average molecular weight is 465 g/mol. The zero-order valence-corrected chi connectivity index (χ0v) is 19.9. The standard InChI is InChI=1S/C24H29N3S.2ClH/c1-19-26-23(18-28-19)24(22-5-3-2-4-6-22)12-15-27(16-13-24)17-21-9-7-20(8-10-21)11-14-25;;/h2-10,18H,11-17,25H2,1H3;2*1H. The molecule has 6 heteroatoms. The highest BCUT2D eigenvalue weighted by atomic mass is 35.5. The second kappa shape index (κ2) is 11.3. The van der Waals surface area contributed by atoms with E-state index in [2.05, 4.69) is 71.8 Å². The molecule has 1 aromatic heterocycles. The van der Waals surface area contributed by atoms with E-state index in [4.69, 9.17) is 10.7 Å². The van der Waals surface area contributed by atoms with Crippen LogP contribution in [-0.4, -0.2) is 29.5 Å². The molecule has 1 fully saturated rings. The van der Waals surface area contributed by atoms with E-state index in [-0.39, 0.29) is 30.2 Å². The number of rotatable bonds is 6. The Morgan fingerprint density at radius 3 is 2.17 bits per heavy atom. The van der Waals surface area contributed by atoms with Crippen molar-refractivity contribution < 1.29 is 0 Å². The maximum absolute atomic E-state index is 5.66. The lowest BCUT2D eigenvalue weighted by Crippen LogP contribution is -2.43. The van der Waals surface area contributed by atoms with E-state index in [1.54, 1.807) is 11.3 Å². The largest absolute Gasteiger partial charge is 0.330 e. The predicted molar refractivity (Wildman–Crippen MR) is 132 cm³/mol. The van der Waals surface area contributed by atoms with Gasteiger partial charge in [-0.25, -0.2) is 4.98 Å². The van der Waals surface area contributed by atoms with Gasteiger partial charge in [0.05, 0.1) is 10.7 Å². The molecule has 2 aromatic carbocycles. The van der Waals surface area contributed by atoms with Crippen molar-refractivity contribution in [3.8, 4) is 0 Å². The maximum Gasteiger partial charge on any atom is 0.0897 e. The van der Waals surface area contributed by atoms with E-state index in [0.717, 1.165) is 43.9 Å². The second-order valence-electron chi connectivity index (χ2n) is 7.83. The highest BCUT2D eigenvalue weighted by molar-refractivity contribution is 7.09. The SMILES string of the molecule is Cc1nc(C2(c3ccccc3)CCN(Cc3ccc(CCN)cc3)CC2)cs1.Cl.Cl. The summed E-state index contributed by atoms with van der Waals surface area (Å²) < 4.78 is 0. The lowest BCUT2D eigenvalue weighted by Gasteiger charge is -2.41. The lowest BCUT2D eigenvalue weighted by atomic mass is 9.70. The van der Waals surface area contributed by atoms with Crippen molar-refractivity contribution in [2.45, 2.75) is 38.1 Å². The molecule has 0 saturated carbocycles. The summed E-state index contributed by atoms with van der Waals surface area (Å²) in [4.78, 5) is 7.49. The van der Waals surface area contributed by atoms with Crippen LogP contribution in [-0.2, 0) is 18.4 Å². The van der Waals surface area contributed by atoms with Crippen molar-refractivity contribution >= 4 is 36.2 Å². The van der Waals surface area contributed by atoms with Gasteiger partial charge in [-0.05, 0) is 62.5 Å². The summed E-state index contributed by atoms with van der Waals surface area (Å²) in [5.41, 5.74) is 11.1. The van der Waals surface area contributed by atoms with Gasteiger partial charge in [-0.15, -0.1) is 36.2 Å². The van der Waals surface area contributed by atoms with Crippen LogP contribution in [0.1, 0.15) is 40.2 Å². The number of nitrogens with zero attached hydrogens (tertiary/aromatic N) is 2. The molecule has 30 heavy (non-hydrogen) atoms. The number of halogens is 2. The molecule has 1 aliphatic rings. The molecule has 0 unspecified atom stereocenters. The topological polar surface area (TPSA) is 42.2 Å². The van der Waals surface area contributed by atoms with Gasteiger partial charge in [-0.2, -0.15) is 0 Å². The third-order valence-electron chi connectivity index (χ3n) is 6.01. The van der Waals surface area contributed by atoms with Crippen LogP contribution < -0.4 is 5.73 Å². The second-order valence-corrected chi connectivity index (χ2v) is 8.89. The first-order valence-corrected chi connectivity index (χ1v) is 11.1. The first-order valence-electron chi connectivity index (χ1n) is 10.2. The number of hydrogen-bond donors (Lipinski definition) is 1. The van der Waals surface area contributed by atoms with Crippen molar-refractivity contribution in [1.82, 2.24) is 9.88 Å². The third-order valence-corrected chi connectivity index (χ3v) is 6.78. The fourth-order valence-electron chi connectivity index (χ4n) is 4.36. The Morgan fingerprint density at radius 1 is 0.967 bits per heavy atom. The highest BCUT2D eigenvalue weighted by Crippen LogP contribution is 2.42. The molecule has 0 bridgehead atoms. The van der Waals surface area contributed by atoms with Crippen LogP contribution in [0.2, 0.25) is 0 Å². The van der Waals surface area contributed by atoms with Gasteiger partial charge < -0.3 is 5.73 Å². The van der Waals surface area contributed by atoms with Crippen LogP contribution in [0.25, 0.3) is 0 Å². The highest BCUT2D eigenvalue weighted by Gasteiger charge is 2.39. The Labute approximate surface area is 196 Å². The van der Waals surface area contributed by atoms with Crippen molar-refractivity contribution in [3.05, 3.63) is 87.4 Å². The number of piperidine rings is 1. The smallest absolute Gasteiger partial charge is 0.0897 e. The molecular formula is C24H31Cl2N3S. The maximum atomic E-state index is 5.66. The van der Waals surface area contributed by atoms with E-state index in [9.17, 15) is 0 Å². The summed E-state index contributed by atoms with van der Waals surface area (Å²) in [6.45, 7) is 6.02. The van der Waals surface area contributed by atoms with Crippen molar-refractivity contribution in [2.75, 3.05) is 19.6 Å². The van der Waals surface area contributed by atoms with E-state index in [1.807, 2.05) is 0 Å². The van der Waals surface area contributed by atoms with E-state index < -0.39 is 0 Å². The van der Waals surface area contributed by atoms with E-state index in [1.165, 1.54) is 22.4 Å². The summed E-state index contributed by atoms with van der Waals surface area (Å²) in [7, 11) is 0. The molecule has 1 saturated heterocycles. The quantitative estimate of drug-likeness (QED) is 0.533. The number of likely N-dealkylation sites (tertiary alicyclic amines) is 1. The van der Waals surface area contributed by atoms with Crippen LogP contribution in [0.5, 0.6) is 0 Å². The monoisotopic (exact) mass is 463 g/mol. The number of aryl methyl sites for hydroxylation is 1. The Hall–Kier alpha value is -1.43. The molecule has 4 rings (SSSR count). The van der Waals surface area contributed by atoms with Crippen LogP contribution in [0, 0.1) is 6.92 Å². The molecular weight excluding hydrogens is 433 g/mol. The van der Waals surface area contributed by atoms with Crippen LogP contribution in [0.4, 0.5) is 0 Å². The number of benzene rings is 2. The van der Waals surface area contributed by atoms with Crippen molar-refractivity contribution in [1.29, 1.82) is 0 Å². The minimum atomic E-state index is 0. The Kier molecular flexibility index (Phi) is 9.32. The first kappa shape index (κ1) is 24.8. The molecule has 0 radical (unpaired) electrons. The number of aromatic nitrogens is 1. The Morgan fingerprint density at radius 2 is 1.60 bits per heavy atom. The number of thiazole rings is 1. The fraction of sp³-hybridized carbons (Fsp3) is 0.375. The molecule has 0 amide bonds. The van der Waals surface area contributed by atoms with Gasteiger partial charge in [0, 0.05) is 17.3 Å². The number of hydrogen-bond acceptors (Lipinski definition) is 4. The molecule has 0 spiro atoms. The summed E-state index contributed by atoms with van der Waals surface area (Å²) in [5, 5.41) is 3.43. The molecule has 0 atom stereocenters. The summed E-state index contributed by atoms with van der Waals surface area (Å²) >= 11 is 1.77. The van der Waals surface area contributed by atoms with Gasteiger partial charge in [0.2, 0.25) is 0 Å². The Balaban J connectivity index is 0.00000160. The zero-order valence-electron chi connectivity index (χ0n) is 17.4. The molecule has 3 aromatic rings. The average Bonchev–Trinajstić information content (AvgIpc) is 3.18.